The van der Waals surface area contributed by atoms with Gasteiger partial charge < -0.3 is 15.0 Å². The van der Waals surface area contributed by atoms with Gasteiger partial charge in [0, 0.05) is 36.8 Å². The lowest BCUT2D eigenvalue weighted by atomic mass is 9.95. The van der Waals surface area contributed by atoms with Gasteiger partial charge in [-0.15, -0.1) is 0 Å². The van der Waals surface area contributed by atoms with E-state index in [1.807, 2.05) is 0 Å². The SMILES string of the molecule is COc1cc(-c2cc(C(=O)N3CCC(C(=O)NCc4ncc(C(F)F)c(C(F)F)n4)CC3)n[nH]2)c(Cl)cn1. The second-order valence-electron chi connectivity index (χ2n) is 8.39. The summed E-state index contributed by atoms with van der Waals surface area (Å²) in [5, 5.41) is 9.77. The van der Waals surface area contributed by atoms with Gasteiger partial charge in [-0.1, -0.05) is 11.6 Å². The minimum Gasteiger partial charge on any atom is -0.481 e. The van der Waals surface area contributed by atoms with Crippen molar-refractivity contribution in [1.82, 2.24) is 35.4 Å². The maximum atomic E-state index is 13.1. The number of pyridine rings is 1. The number of aromatic amines is 1. The van der Waals surface area contributed by atoms with Crippen LogP contribution in [0.3, 0.4) is 0 Å². The zero-order valence-corrected chi connectivity index (χ0v) is 20.7. The number of rotatable bonds is 8. The first-order chi connectivity index (χ1) is 18.2. The number of alkyl halides is 4. The van der Waals surface area contributed by atoms with Crippen molar-refractivity contribution in [2.45, 2.75) is 32.2 Å². The Balaban J connectivity index is 1.32. The van der Waals surface area contributed by atoms with E-state index in [0.717, 1.165) is 0 Å². The Labute approximate surface area is 218 Å². The predicted octanol–water partition coefficient (Wildman–Crippen LogP) is 3.97. The van der Waals surface area contributed by atoms with Crippen LogP contribution in [0, 0.1) is 5.92 Å². The minimum absolute atomic E-state index is 0.175. The van der Waals surface area contributed by atoms with Crippen LogP contribution in [-0.2, 0) is 11.3 Å². The van der Waals surface area contributed by atoms with E-state index in [9.17, 15) is 27.2 Å². The number of carbonyl (C=O) groups is 2. The molecule has 1 fully saturated rings. The number of piperidine rings is 1. The van der Waals surface area contributed by atoms with Gasteiger partial charge >= 0.3 is 0 Å². The molecule has 0 aromatic carbocycles. The van der Waals surface area contributed by atoms with Gasteiger partial charge in [-0.25, -0.2) is 32.5 Å². The number of halogens is 5. The van der Waals surface area contributed by atoms with Crippen LogP contribution in [-0.4, -0.2) is 62.1 Å². The maximum absolute atomic E-state index is 13.1. The summed E-state index contributed by atoms with van der Waals surface area (Å²) in [6.07, 6.45) is -3.56. The fraction of sp³-hybridized carbons (Fsp3) is 0.391. The third-order valence-corrected chi connectivity index (χ3v) is 6.34. The van der Waals surface area contributed by atoms with Gasteiger partial charge in [-0.3, -0.25) is 14.7 Å². The summed E-state index contributed by atoms with van der Waals surface area (Å²) in [5.41, 5.74) is -0.757. The van der Waals surface area contributed by atoms with Crippen molar-refractivity contribution < 1.29 is 31.9 Å². The van der Waals surface area contributed by atoms with Gasteiger partial charge in [0.15, 0.2) is 5.69 Å². The van der Waals surface area contributed by atoms with Gasteiger partial charge in [-0.2, -0.15) is 5.10 Å². The third kappa shape index (κ3) is 6.01. The fourth-order valence-corrected chi connectivity index (χ4v) is 4.20. The molecule has 0 atom stereocenters. The molecule has 1 aliphatic rings. The summed E-state index contributed by atoms with van der Waals surface area (Å²) < 4.78 is 56.9. The molecule has 0 saturated carbocycles. The van der Waals surface area contributed by atoms with E-state index in [1.165, 1.54) is 13.3 Å². The number of ether oxygens (including phenoxy) is 1. The Bertz CT molecular complexity index is 1320. The summed E-state index contributed by atoms with van der Waals surface area (Å²) in [6.45, 7) is 0.287. The second-order valence-corrected chi connectivity index (χ2v) is 8.79. The molecule has 0 bridgehead atoms. The van der Waals surface area contributed by atoms with Gasteiger partial charge in [-0.05, 0) is 18.9 Å². The molecule has 2 N–H and O–H groups in total. The van der Waals surface area contributed by atoms with E-state index in [4.69, 9.17) is 16.3 Å². The number of carbonyl (C=O) groups excluding carboxylic acids is 2. The molecule has 0 aliphatic carbocycles. The Morgan fingerprint density at radius 1 is 1.16 bits per heavy atom. The van der Waals surface area contributed by atoms with E-state index < -0.39 is 30.0 Å². The van der Waals surface area contributed by atoms with Gasteiger partial charge in [0.05, 0.1) is 36.1 Å². The average Bonchev–Trinajstić information content (AvgIpc) is 3.41. The Morgan fingerprint density at radius 2 is 1.89 bits per heavy atom. The van der Waals surface area contributed by atoms with Gasteiger partial charge in [0.2, 0.25) is 11.8 Å². The molecule has 0 unspecified atom stereocenters. The van der Waals surface area contributed by atoms with Gasteiger partial charge in [0.25, 0.3) is 18.8 Å². The van der Waals surface area contributed by atoms with Crippen LogP contribution in [0.15, 0.2) is 24.5 Å². The molecule has 4 rings (SSSR count). The molecule has 1 saturated heterocycles. The second kappa shape index (κ2) is 11.7. The standard InChI is InChI=1S/C23H22ClF4N7O3/c1-38-18-6-12(14(24)9-30-18)15-7-16(34-33-15)23(37)35-4-2-11(3-5-35)22(36)31-10-17-29-8-13(20(25)26)19(32-17)21(27)28/h6-9,11,20-21H,2-5,10H2,1H3,(H,31,36)(H,33,34). The lowest BCUT2D eigenvalue weighted by Gasteiger charge is -2.30. The number of H-pyrrole nitrogens is 1. The third-order valence-electron chi connectivity index (χ3n) is 6.04. The number of hydrogen-bond acceptors (Lipinski definition) is 7. The molecule has 3 aromatic heterocycles. The van der Waals surface area contributed by atoms with Crippen molar-refractivity contribution in [2.24, 2.45) is 5.92 Å². The molecular formula is C23H22ClF4N7O3. The van der Waals surface area contributed by atoms with Crippen LogP contribution >= 0.6 is 11.6 Å². The predicted molar refractivity (Wildman–Crippen MR) is 126 cm³/mol. The van der Waals surface area contributed by atoms with Crippen LogP contribution < -0.4 is 10.1 Å². The van der Waals surface area contributed by atoms with Crippen molar-refractivity contribution in [3.8, 4) is 17.1 Å². The maximum Gasteiger partial charge on any atom is 0.280 e. The molecule has 1 aliphatic heterocycles. The molecular weight excluding hydrogens is 534 g/mol. The van der Waals surface area contributed by atoms with Gasteiger partial charge in [0.1, 0.15) is 11.5 Å². The van der Waals surface area contributed by atoms with E-state index in [0.29, 0.717) is 41.2 Å². The van der Waals surface area contributed by atoms with Crippen molar-refractivity contribution in [3.63, 3.8) is 0 Å². The van der Waals surface area contributed by atoms with Crippen LogP contribution in [0.2, 0.25) is 5.02 Å². The van der Waals surface area contributed by atoms with Crippen LogP contribution in [0.1, 0.15) is 53.3 Å². The smallest absolute Gasteiger partial charge is 0.280 e. The molecule has 3 aromatic rings. The number of hydrogen-bond donors (Lipinski definition) is 2. The zero-order valence-electron chi connectivity index (χ0n) is 19.9. The highest BCUT2D eigenvalue weighted by Crippen LogP contribution is 2.30. The molecule has 10 nitrogen and oxygen atoms in total. The van der Waals surface area contributed by atoms with Crippen molar-refractivity contribution >= 4 is 23.4 Å². The van der Waals surface area contributed by atoms with Crippen molar-refractivity contribution in [3.05, 3.63) is 52.3 Å². The highest BCUT2D eigenvalue weighted by Gasteiger charge is 2.29. The van der Waals surface area contributed by atoms with Crippen molar-refractivity contribution in [2.75, 3.05) is 20.2 Å². The number of amides is 2. The van der Waals surface area contributed by atoms with Crippen LogP contribution in [0.4, 0.5) is 17.6 Å². The van der Waals surface area contributed by atoms with E-state index >= 15 is 0 Å². The average molecular weight is 556 g/mol. The molecule has 38 heavy (non-hydrogen) atoms. The first-order valence-electron chi connectivity index (χ1n) is 11.4. The summed E-state index contributed by atoms with van der Waals surface area (Å²) in [6, 6.07) is 3.18. The fourth-order valence-electron chi connectivity index (χ4n) is 3.99. The molecule has 0 spiro atoms. The number of methoxy groups -OCH3 is 1. The summed E-state index contributed by atoms with van der Waals surface area (Å²) in [4.78, 5) is 38.2. The summed E-state index contributed by atoms with van der Waals surface area (Å²) in [5.74, 6) is -0.992. The highest BCUT2D eigenvalue weighted by molar-refractivity contribution is 6.33. The molecule has 202 valence electrons. The Morgan fingerprint density at radius 3 is 2.55 bits per heavy atom. The van der Waals surface area contributed by atoms with E-state index in [2.05, 4.69) is 30.5 Å². The Kier molecular flexibility index (Phi) is 8.39. The number of nitrogens with zero attached hydrogens (tertiary/aromatic N) is 5. The monoisotopic (exact) mass is 555 g/mol. The van der Waals surface area contributed by atoms with E-state index in [-0.39, 0.29) is 43.0 Å². The van der Waals surface area contributed by atoms with Crippen molar-refractivity contribution in [1.29, 1.82) is 0 Å². The lowest BCUT2D eigenvalue weighted by molar-refractivity contribution is -0.126. The zero-order chi connectivity index (χ0) is 27.4. The number of aromatic nitrogens is 5. The first-order valence-corrected chi connectivity index (χ1v) is 11.8. The largest absolute Gasteiger partial charge is 0.481 e. The topological polar surface area (TPSA) is 126 Å². The van der Waals surface area contributed by atoms with Crippen LogP contribution in [0.25, 0.3) is 11.3 Å². The normalized spacial score (nSPS) is 14.3. The molecule has 15 heteroatoms. The molecule has 4 heterocycles. The molecule has 0 radical (unpaired) electrons. The quantitative estimate of drug-likeness (QED) is 0.403. The summed E-state index contributed by atoms with van der Waals surface area (Å²) >= 11 is 6.21. The minimum atomic E-state index is -3.20. The summed E-state index contributed by atoms with van der Waals surface area (Å²) in [7, 11) is 1.47. The van der Waals surface area contributed by atoms with E-state index in [1.54, 1.807) is 17.0 Å². The number of nitrogens with one attached hydrogen (secondary N) is 2. The highest BCUT2D eigenvalue weighted by atomic mass is 35.5. The number of likely N-dealkylation sites (tertiary alicyclic amines) is 1. The molecule has 2 amide bonds. The first kappa shape index (κ1) is 27.2. The lowest BCUT2D eigenvalue weighted by Crippen LogP contribution is -2.43. The van der Waals surface area contributed by atoms with Crippen LogP contribution in [0.5, 0.6) is 5.88 Å². The Hall–Kier alpha value is -3.81.